The lowest BCUT2D eigenvalue weighted by Crippen LogP contribution is -2.50. The number of hydrogen-bond donors (Lipinski definition) is 1. The lowest BCUT2D eigenvalue weighted by molar-refractivity contribution is 0.152. The molecular weight excluding hydrogens is 164 g/mol. The standard InChI is InChI=1S/C10H22N2O/c1-3-10-9-12(7-5-11-10)6-4-8-13-2/h10-11H,3-9H2,1-2H3. The fourth-order valence-corrected chi connectivity index (χ4v) is 1.80. The van der Waals surface area contributed by atoms with E-state index in [-0.39, 0.29) is 0 Å². The van der Waals surface area contributed by atoms with Gasteiger partial charge in [-0.2, -0.15) is 0 Å². The van der Waals surface area contributed by atoms with Gasteiger partial charge in [0.15, 0.2) is 0 Å². The topological polar surface area (TPSA) is 24.5 Å². The number of rotatable bonds is 5. The molecule has 0 bridgehead atoms. The summed E-state index contributed by atoms with van der Waals surface area (Å²) in [5.41, 5.74) is 0. The Labute approximate surface area is 81.4 Å². The third kappa shape index (κ3) is 4.07. The predicted molar refractivity (Wildman–Crippen MR) is 55.0 cm³/mol. The number of hydrogen-bond acceptors (Lipinski definition) is 3. The normalized spacial score (nSPS) is 24.9. The van der Waals surface area contributed by atoms with Gasteiger partial charge in [0.25, 0.3) is 0 Å². The van der Waals surface area contributed by atoms with Crippen LogP contribution in [0, 0.1) is 0 Å². The van der Waals surface area contributed by atoms with Crippen molar-refractivity contribution >= 4 is 0 Å². The minimum absolute atomic E-state index is 0.705. The van der Waals surface area contributed by atoms with Crippen molar-refractivity contribution in [1.29, 1.82) is 0 Å². The van der Waals surface area contributed by atoms with E-state index >= 15 is 0 Å². The summed E-state index contributed by atoms with van der Waals surface area (Å²) in [6.45, 7) is 7.87. The Kier molecular flexibility index (Phi) is 5.35. The van der Waals surface area contributed by atoms with Crippen molar-refractivity contribution < 1.29 is 4.74 Å². The number of methoxy groups -OCH3 is 1. The SMILES string of the molecule is CCC1CN(CCCOC)CCN1. The summed E-state index contributed by atoms with van der Waals surface area (Å²) in [6.07, 6.45) is 2.40. The van der Waals surface area contributed by atoms with Gasteiger partial charge in [-0.15, -0.1) is 0 Å². The maximum absolute atomic E-state index is 5.04. The lowest BCUT2D eigenvalue weighted by atomic mass is 10.1. The first-order chi connectivity index (χ1) is 6.36. The number of nitrogens with zero attached hydrogens (tertiary/aromatic N) is 1. The van der Waals surface area contributed by atoms with Gasteiger partial charge >= 0.3 is 0 Å². The van der Waals surface area contributed by atoms with Crippen molar-refractivity contribution in [3.8, 4) is 0 Å². The van der Waals surface area contributed by atoms with E-state index in [0.717, 1.165) is 19.6 Å². The number of ether oxygens (including phenoxy) is 1. The lowest BCUT2D eigenvalue weighted by Gasteiger charge is -2.33. The molecule has 78 valence electrons. The van der Waals surface area contributed by atoms with Crippen molar-refractivity contribution in [2.24, 2.45) is 0 Å². The molecule has 1 aliphatic rings. The summed E-state index contributed by atoms with van der Waals surface area (Å²) in [5.74, 6) is 0. The minimum Gasteiger partial charge on any atom is -0.385 e. The summed E-state index contributed by atoms with van der Waals surface area (Å²) in [5, 5.41) is 3.52. The van der Waals surface area contributed by atoms with Gasteiger partial charge in [-0.3, -0.25) is 0 Å². The van der Waals surface area contributed by atoms with Gasteiger partial charge in [0.05, 0.1) is 0 Å². The Bertz CT molecular complexity index is 130. The van der Waals surface area contributed by atoms with E-state index in [1.165, 1.54) is 26.1 Å². The monoisotopic (exact) mass is 186 g/mol. The summed E-state index contributed by atoms with van der Waals surface area (Å²) < 4.78 is 5.04. The van der Waals surface area contributed by atoms with Crippen molar-refractivity contribution in [2.45, 2.75) is 25.8 Å². The van der Waals surface area contributed by atoms with Crippen LogP contribution in [0.1, 0.15) is 19.8 Å². The highest BCUT2D eigenvalue weighted by Crippen LogP contribution is 2.02. The predicted octanol–water partition coefficient (Wildman–Crippen LogP) is 0.707. The first-order valence-electron chi connectivity index (χ1n) is 5.31. The molecule has 0 aromatic rings. The zero-order chi connectivity index (χ0) is 9.52. The van der Waals surface area contributed by atoms with Crippen molar-refractivity contribution in [3.63, 3.8) is 0 Å². The number of nitrogens with one attached hydrogen (secondary N) is 1. The van der Waals surface area contributed by atoms with Crippen LogP contribution in [0.3, 0.4) is 0 Å². The Morgan fingerprint density at radius 3 is 3.08 bits per heavy atom. The second-order valence-corrected chi connectivity index (χ2v) is 3.71. The maximum Gasteiger partial charge on any atom is 0.0474 e. The van der Waals surface area contributed by atoms with Crippen LogP contribution in [0.25, 0.3) is 0 Å². The van der Waals surface area contributed by atoms with Crippen molar-refractivity contribution in [3.05, 3.63) is 0 Å². The summed E-state index contributed by atoms with van der Waals surface area (Å²) in [7, 11) is 1.77. The summed E-state index contributed by atoms with van der Waals surface area (Å²) in [6, 6.07) is 0.705. The first-order valence-corrected chi connectivity index (χ1v) is 5.31. The quantitative estimate of drug-likeness (QED) is 0.640. The molecule has 1 unspecified atom stereocenters. The molecule has 0 aromatic heterocycles. The molecule has 0 aliphatic carbocycles. The highest BCUT2D eigenvalue weighted by Gasteiger charge is 2.16. The average Bonchev–Trinajstić information content (AvgIpc) is 2.19. The molecule has 1 rings (SSSR count). The highest BCUT2D eigenvalue weighted by atomic mass is 16.5. The molecule has 1 aliphatic heterocycles. The molecular formula is C10H22N2O. The van der Waals surface area contributed by atoms with Gasteiger partial charge in [-0.05, 0) is 12.8 Å². The fraction of sp³-hybridized carbons (Fsp3) is 1.00. The molecule has 0 spiro atoms. The molecule has 1 fully saturated rings. The summed E-state index contributed by atoms with van der Waals surface area (Å²) in [4.78, 5) is 2.53. The van der Waals surface area contributed by atoms with Gasteiger partial charge in [0, 0.05) is 45.9 Å². The van der Waals surface area contributed by atoms with Crippen LogP contribution in [-0.2, 0) is 4.74 Å². The Hall–Kier alpha value is -0.120. The van der Waals surface area contributed by atoms with E-state index < -0.39 is 0 Å². The fourth-order valence-electron chi connectivity index (χ4n) is 1.80. The molecule has 1 atom stereocenters. The molecule has 1 N–H and O–H groups in total. The Balaban J connectivity index is 2.11. The molecule has 0 radical (unpaired) electrons. The van der Waals surface area contributed by atoms with E-state index in [0.29, 0.717) is 6.04 Å². The molecule has 0 amide bonds. The van der Waals surface area contributed by atoms with Crippen LogP contribution in [0.4, 0.5) is 0 Å². The van der Waals surface area contributed by atoms with E-state index in [9.17, 15) is 0 Å². The number of piperazine rings is 1. The van der Waals surface area contributed by atoms with Crippen LogP contribution in [0.5, 0.6) is 0 Å². The van der Waals surface area contributed by atoms with Crippen molar-refractivity contribution in [2.75, 3.05) is 39.9 Å². The Morgan fingerprint density at radius 1 is 1.54 bits per heavy atom. The largest absolute Gasteiger partial charge is 0.385 e. The zero-order valence-electron chi connectivity index (χ0n) is 8.88. The Morgan fingerprint density at radius 2 is 2.38 bits per heavy atom. The molecule has 0 aromatic carbocycles. The van der Waals surface area contributed by atoms with Gasteiger partial charge in [-0.1, -0.05) is 6.92 Å². The zero-order valence-corrected chi connectivity index (χ0v) is 8.88. The first kappa shape index (κ1) is 11.0. The third-order valence-electron chi connectivity index (χ3n) is 2.66. The second kappa shape index (κ2) is 6.35. The van der Waals surface area contributed by atoms with Crippen LogP contribution in [-0.4, -0.2) is 50.8 Å². The van der Waals surface area contributed by atoms with Crippen molar-refractivity contribution in [1.82, 2.24) is 10.2 Å². The van der Waals surface area contributed by atoms with Gasteiger partial charge < -0.3 is 15.0 Å². The van der Waals surface area contributed by atoms with Crippen LogP contribution < -0.4 is 5.32 Å². The van der Waals surface area contributed by atoms with E-state index in [2.05, 4.69) is 17.1 Å². The highest BCUT2D eigenvalue weighted by molar-refractivity contribution is 4.76. The molecule has 3 nitrogen and oxygen atoms in total. The third-order valence-corrected chi connectivity index (χ3v) is 2.66. The van der Waals surface area contributed by atoms with E-state index in [1.54, 1.807) is 7.11 Å². The van der Waals surface area contributed by atoms with E-state index in [1.807, 2.05) is 0 Å². The summed E-state index contributed by atoms with van der Waals surface area (Å²) >= 11 is 0. The molecule has 13 heavy (non-hydrogen) atoms. The molecule has 0 saturated carbocycles. The second-order valence-electron chi connectivity index (χ2n) is 3.71. The molecule has 1 heterocycles. The van der Waals surface area contributed by atoms with Crippen LogP contribution in [0.15, 0.2) is 0 Å². The van der Waals surface area contributed by atoms with E-state index in [4.69, 9.17) is 4.74 Å². The minimum atomic E-state index is 0.705. The maximum atomic E-state index is 5.04. The van der Waals surface area contributed by atoms with Gasteiger partial charge in [0.1, 0.15) is 0 Å². The smallest absolute Gasteiger partial charge is 0.0474 e. The van der Waals surface area contributed by atoms with Gasteiger partial charge in [-0.25, -0.2) is 0 Å². The molecule has 1 saturated heterocycles. The van der Waals surface area contributed by atoms with Crippen LogP contribution in [0.2, 0.25) is 0 Å². The average molecular weight is 186 g/mol. The van der Waals surface area contributed by atoms with Gasteiger partial charge in [0.2, 0.25) is 0 Å². The van der Waals surface area contributed by atoms with Crippen LogP contribution >= 0.6 is 0 Å². The molecule has 3 heteroatoms.